The summed E-state index contributed by atoms with van der Waals surface area (Å²) in [6.07, 6.45) is 0. The minimum Gasteiger partial charge on any atom is -0.496 e. The number of carbonyl (C=O) groups excluding carboxylic acids is 1. The fraction of sp³-hybridized carbons (Fsp3) is 0.111. The van der Waals surface area contributed by atoms with Gasteiger partial charge in [-0.1, -0.05) is 18.2 Å². The molecule has 122 valence electrons. The molecule has 3 aromatic rings. The van der Waals surface area contributed by atoms with Crippen molar-refractivity contribution >= 4 is 38.7 Å². The molecule has 0 amide bonds. The molecule has 3 rings (SSSR count). The second-order valence-corrected chi connectivity index (χ2v) is 6.13. The second kappa shape index (κ2) is 6.13. The minimum atomic E-state index is -1.05. The maximum absolute atomic E-state index is 13.0. The molecule has 0 aliphatic heterocycles. The number of aromatic nitrogens is 1. The molecule has 0 bridgehead atoms. The summed E-state index contributed by atoms with van der Waals surface area (Å²) in [5.74, 6) is -0.724. The van der Waals surface area contributed by atoms with E-state index in [1.165, 1.54) is 4.57 Å². The first-order valence-electron chi connectivity index (χ1n) is 7.17. The quantitative estimate of drug-likeness (QED) is 0.734. The van der Waals surface area contributed by atoms with Gasteiger partial charge >= 0.3 is 5.97 Å². The molecule has 0 unspecified atom stereocenters. The molecule has 0 radical (unpaired) electrons. The molecule has 5 nitrogen and oxygen atoms in total. The van der Waals surface area contributed by atoms with Crippen LogP contribution in [-0.2, 0) is 0 Å². The van der Waals surface area contributed by atoms with Gasteiger partial charge in [-0.3, -0.25) is 9.36 Å². The number of ether oxygens (including phenoxy) is 1. The number of halogens is 1. The van der Waals surface area contributed by atoms with Crippen molar-refractivity contribution < 1.29 is 19.4 Å². The largest absolute Gasteiger partial charge is 0.496 e. The third-order valence-corrected chi connectivity index (χ3v) is 4.55. The molecule has 2 aromatic carbocycles. The summed E-state index contributed by atoms with van der Waals surface area (Å²) in [4.78, 5) is 24.6. The lowest BCUT2D eigenvalue weighted by molar-refractivity contribution is 0.0698. The summed E-state index contributed by atoms with van der Waals surface area (Å²) < 4.78 is 7.27. The van der Waals surface area contributed by atoms with Gasteiger partial charge in [-0.2, -0.15) is 0 Å². The molecule has 0 aliphatic rings. The molecule has 0 fully saturated rings. The van der Waals surface area contributed by atoms with Crippen LogP contribution in [0.1, 0.15) is 26.4 Å². The number of methoxy groups -OCH3 is 1. The Hall–Kier alpha value is -2.60. The van der Waals surface area contributed by atoms with E-state index in [1.807, 2.05) is 0 Å². The van der Waals surface area contributed by atoms with Crippen LogP contribution in [0.3, 0.4) is 0 Å². The lowest BCUT2D eigenvalue weighted by atomic mass is 10.1. The van der Waals surface area contributed by atoms with Gasteiger partial charge in [-0.15, -0.1) is 0 Å². The van der Waals surface area contributed by atoms with Crippen molar-refractivity contribution in [2.45, 2.75) is 6.92 Å². The standard InChI is InChI=1S/C18H14BrNO4/c1-10-16(18(22)23)12-5-3-4-6-14(12)20(10)17(21)11-7-8-15(24-2)13(19)9-11/h3-9H,1-2H3,(H,22,23). The SMILES string of the molecule is COc1ccc(C(=O)n2c(C)c(C(=O)O)c3ccccc32)cc1Br. The number of hydrogen-bond acceptors (Lipinski definition) is 3. The third-order valence-electron chi connectivity index (χ3n) is 3.93. The van der Waals surface area contributed by atoms with Crippen LogP contribution in [0.15, 0.2) is 46.9 Å². The monoisotopic (exact) mass is 387 g/mol. The Morgan fingerprint density at radius 3 is 2.50 bits per heavy atom. The Kier molecular flexibility index (Phi) is 4.15. The van der Waals surface area contributed by atoms with Gasteiger partial charge in [-0.25, -0.2) is 4.79 Å². The number of aromatic carboxylic acids is 1. The zero-order valence-corrected chi connectivity index (χ0v) is 14.6. The number of carboxylic acid groups (broad SMARTS) is 1. The average Bonchev–Trinajstić information content (AvgIpc) is 2.86. The Balaban J connectivity index is 2.23. The Morgan fingerprint density at radius 2 is 1.88 bits per heavy atom. The fourth-order valence-corrected chi connectivity index (χ4v) is 3.37. The van der Waals surface area contributed by atoms with Crippen LogP contribution in [0, 0.1) is 6.92 Å². The first kappa shape index (κ1) is 16.3. The summed E-state index contributed by atoms with van der Waals surface area (Å²) in [5, 5.41) is 10.0. The Bertz CT molecular complexity index is 975. The highest BCUT2D eigenvalue weighted by molar-refractivity contribution is 9.10. The van der Waals surface area contributed by atoms with Crippen LogP contribution in [0.25, 0.3) is 10.9 Å². The van der Waals surface area contributed by atoms with Crippen LogP contribution in [-0.4, -0.2) is 28.7 Å². The molecule has 0 atom stereocenters. The van der Waals surface area contributed by atoms with Crippen LogP contribution in [0.4, 0.5) is 0 Å². The summed E-state index contributed by atoms with van der Waals surface area (Å²) >= 11 is 3.36. The molecule has 0 spiro atoms. The smallest absolute Gasteiger partial charge is 0.338 e. The van der Waals surface area contributed by atoms with Crippen LogP contribution >= 0.6 is 15.9 Å². The van der Waals surface area contributed by atoms with E-state index in [9.17, 15) is 14.7 Å². The number of benzene rings is 2. The van der Waals surface area contributed by atoms with Crippen molar-refractivity contribution in [3.05, 3.63) is 63.8 Å². The van der Waals surface area contributed by atoms with Crippen LogP contribution < -0.4 is 4.74 Å². The molecule has 0 saturated carbocycles. The van der Waals surface area contributed by atoms with Gasteiger partial charge in [0.15, 0.2) is 0 Å². The topological polar surface area (TPSA) is 68.5 Å². The molecule has 1 heterocycles. The molecular weight excluding hydrogens is 374 g/mol. The van der Waals surface area contributed by atoms with E-state index in [0.717, 1.165) is 0 Å². The lowest BCUT2D eigenvalue weighted by Gasteiger charge is -2.09. The van der Waals surface area contributed by atoms with Gasteiger partial charge in [-0.05, 0) is 47.1 Å². The molecule has 0 saturated heterocycles. The molecule has 1 N–H and O–H groups in total. The summed E-state index contributed by atoms with van der Waals surface area (Å²) in [6.45, 7) is 1.64. The van der Waals surface area contributed by atoms with E-state index >= 15 is 0 Å². The molecule has 6 heteroatoms. The highest BCUT2D eigenvalue weighted by atomic mass is 79.9. The van der Waals surface area contributed by atoms with E-state index in [-0.39, 0.29) is 11.5 Å². The molecule has 1 aromatic heterocycles. The number of rotatable bonds is 3. The summed E-state index contributed by atoms with van der Waals surface area (Å²) in [5.41, 5.74) is 1.56. The van der Waals surface area contributed by atoms with Crippen molar-refractivity contribution in [2.24, 2.45) is 0 Å². The fourth-order valence-electron chi connectivity index (χ4n) is 2.83. The highest BCUT2D eigenvalue weighted by Crippen LogP contribution is 2.29. The molecular formula is C18H14BrNO4. The maximum Gasteiger partial charge on any atom is 0.338 e. The van der Waals surface area contributed by atoms with Crippen molar-refractivity contribution in [2.75, 3.05) is 7.11 Å². The molecule has 0 aliphatic carbocycles. The zero-order chi connectivity index (χ0) is 17.4. The summed E-state index contributed by atoms with van der Waals surface area (Å²) in [6, 6.07) is 12.0. The number of hydrogen-bond donors (Lipinski definition) is 1. The van der Waals surface area contributed by atoms with Gasteiger partial charge in [0.2, 0.25) is 0 Å². The number of nitrogens with zero attached hydrogens (tertiary/aromatic N) is 1. The first-order valence-corrected chi connectivity index (χ1v) is 7.96. The zero-order valence-electron chi connectivity index (χ0n) is 13.0. The van der Waals surface area contributed by atoms with Crippen LogP contribution in [0.2, 0.25) is 0 Å². The Labute approximate surface area is 146 Å². The van der Waals surface area contributed by atoms with E-state index < -0.39 is 5.97 Å². The van der Waals surface area contributed by atoms with Crippen LogP contribution in [0.5, 0.6) is 5.75 Å². The first-order chi connectivity index (χ1) is 11.5. The third kappa shape index (κ3) is 2.49. The van der Waals surface area contributed by atoms with Gasteiger partial charge in [0.25, 0.3) is 5.91 Å². The predicted octanol–water partition coefficient (Wildman–Crippen LogP) is 4.11. The minimum absolute atomic E-state index is 0.145. The predicted molar refractivity (Wildman–Crippen MR) is 94.1 cm³/mol. The van der Waals surface area contributed by atoms with Crippen molar-refractivity contribution in [1.82, 2.24) is 4.57 Å². The average molecular weight is 388 g/mol. The number of carboxylic acids is 1. The molecule has 24 heavy (non-hydrogen) atoms. The van der Waals surface area contributed by atoms with Gasteiger partial charge < -0.3 is 9.84 Å². The van der Waals surface area contributed by atoms with E-state index in [1.54, 1.807) is 56.5 Å². The maximum atomic E-state index is 13.0. The van der Waals surface area contributed by atoms with Crippen molar-refractivity contribution in [3.8, 4) is 5.75 Å². The van der Waals surface area contributed by atoms with E-state index in [0.29, 0.717) is 32.4 Å². The number of fused-ring (bicyclic) bond motifs is 1. The lowest BCUT2D eigenvalue weighted by Crippen LogP contribution is -2.14. The van der Waals surface area contributed by atoms with Crippen molar-refractivity contribution in [1.29, 1.82) is 0 Å². The highest BCUT2D eigenvalue weighted by Gasteiger charge is 2.23. The number of para-hydroxylation sites is 1. The normalized spacial score (nSPS) is 10.8. The van der Waals surface area contributed by atoms with Gasteiger partial charge in [0.05, 0.1) is 22.7 Å². The Morgan fingerprint density at radius 1 is 1.17 bits per heavy atom. The van der Waals surface area contributed by atoms with E-state index in [2.05, 4.69) is 15.9 Å². The number of carbonyl (C=O) groups is 2. The van der Waals surface area contributed by atoms with Crippen molar-refractivity contribution in [3.63, 3.8) is 0 Å². The second-order valence-electron chi connectivity index (χ2n) is 5.27. The van der Waals surface area contributed by atoms with Gasteiger partial charge in [0, 0.05) is 16.6 Å². The van der Waals surface area contributed by atoms with E-state index in [4.69, 9.17) is 4.74 Å². The summed E-state index contributed by atoms with van der Waals surface area (Å²) in [7, 11) is 1.55. The van der Waals surface area contributed by atoms with Gasteiger partial charge in [0.1, 0.15) is 5.75 Å².